The van der Waals surface area contributed by atoms with Crippen LogP contribution in [-0.4, -0.2) is 19.3 Å². The Morgan fingerprint density at radius 3 is 2.82 bits per heavy atom. The van der Waals surface area contributed by atoms with Crippen LogP contribution in [-0.2, 0) is 6.67 Å². The van der Waals surface area contributed by atoms with E-state index in [2.05, 4.69) is 10.1 Å². The zero-order valence-corrected chi connectivity index (χ0v) is 9.02. The van der Waals surface area contributed by atoms with Gasteiger partial charge in [0, 0.05) is 6.07 Å². The minimum Gasteiger partial charge on any atom is -0.288 e. The predicted molar refractivity (Wildman–Crippen MR) is 63.6 cm³/mol. The highest BCUT2D eigenvalue weighted by Crippen LogP contribution is 2.10. The van der Waals surface area contributed by atoms with Gasteiger partial charge >= 0.3 is 0 Å². The lowest BCUT2D eigenvalue weighted by Crippen LogP contribution is -2.23. The van der Waals surface area contributed by atoms with Gasteiger partial charge in [0.05, 0.1) is 5.52 Å². The minimum atomic E-state index is -0.0424. The molecule has 0 aliphatic rings. The number of fused-ring (bicyclic) bond motifs is 1. The molecule has 0 atom stereocenters. The summed E-state index contributed by atoms with van der Waals surface area (Å²) in [5.41, 5.74) is 0.856. The Bertz CT molecular complexity index is 700. The van der Waals surface area contributed by atoms with Crippen LogP contribution in [0.3, 0.4) is 0 Å². The smallest absolute Gasteiger partial charge is 0.252 e. The van der Waals surface area contributed by atoms with Gasteiger partial charge in [-0.1, -0.05) is 18.2 Å². The van der Waals surface area contributed by atoms with Gasteiger partial charge in [0.25, 0.3) is 5.56 Å². The van der Waals surface area contributed by atoms with Crippen molar-refractivity contribution in [2.24, 2.45) is 0 Å². The average molecular weight is 226 g/mol. The van der Waals surface area contributed by atoms with Crippen LogP contribution < -0.4 is 5.56 Å². The molecule has 1 aromatic carbocycles. The molecule has 84 valence electrons. The molecule has 2 heterocycles. The van der Waals surface area contributed by atoms with Crippen molar-refractivity contribution >= 4 is 10.9 Å². The summed E-state index contributed by atoms with van der Waals surface area (Å²) in [6, 6.07) is 11.2. The Balaban J connectivity index is 2.20. The van der Waals surface area contributed by atoms with E-state index >= 15 is 0 Å². The standard InChI is InChI=1S/C12H10N4O/c17-12-6-5-10-3-1-2-4-11(10)16(12)9-15-8-13-7-14-15/h1-8H,9H2. The summed E-state index contributed by atoms with van der Waals surface area (Å²) < 4.78 is 3.29. The van der Waals surface area contributed by atoms with Crippen LogP contribution in [0.2, 0.25) is 0 Å². The van der Waals surface area contributed by atoms with E-state index in [9.17, 15) is 4.79 Å². The van der Waals surface area contributed by atoms with E-state index in [1.54, 1.807) is 21.6 Å². The monoisotopic (exact) mass is 226 g/mol. The normalized spacial score (nSPS) is 10.8. The first-order chi connectivity index (χ1) is 8.34. The largest absolute Gasteiger partial charge is 0.288 e. The first-order valence-electron chi connectivity index (χ1n) is 5.25. The molecular weight excluding hydrogens is 216 g/mol. The molecule has 0 radical (unpaired) electrons. The first kappa shape index (κ1) is 9.77. The Hall–Kier alpha value is -2.43. The maximum absolute atomic E-state index is 11.9. The molecule has 0 fully saturated rings. The minimum absolute atomic E-state index is 0.0424. The third kappa shape index (κ3) is 1.71. The molecule has 3 rings (SSSR count). The second-order valence-corrected chi connectivity index (χ2v) is 3.73. The molecule has 5 nitrogen and oxygen atoms in total. The summed E-state index contributed by atoms with van der Waals surface area (Å²) >= 11 is 0. The van der Waals surface area contributed by atoms with Crippen molar-refractivity contribution in [3.05, 3.63) is 59.4 Å². The van der Waals surface area contributed by atoms with Crippen LogP contribution in [0.15, 0.2) is 53.8 Å². The second-order valence-electron chi connectivity index (χ2n) is 3.73. The van der Waals surface area contributed by atoms with Gasteiger partial charge in [-0.15, -0.1) is 0 Å². The van der Waals surface area contributed by atoms with E-state index in [0.717, 1.165) is 10.9 Å². The molecule has 0 aliphatic carbocycles. The van der Waals surface area contributed by atoms with Gasteiger partial charge in [-0.2, -0.15) is 5.10 Å². The van der Waals surface area contributed by atoms with Gasteiger partial charge in [0.2, 0.25) is 0 Å². The summed E-state index contributed by atoms with van der Waals surface area (Å²) in [7, 11) is 0. The highest BCUT2D eigenvalue weighted by molar-refractivity contribution is 5.78. The number of hydrogen-bond donors (Lipinski definition) is 0. The lowest BCUT2D eigenvalue weighted by molar-refractivity contribution is 0.547. The molecule has 0 spiro atoms. The summed E-state index contributed by atoms with van der Waals surface area (Å²) in [4.78, 5) is 15.7. The number of benzene rings is 1. The third-order valence-electron chi connectivity index (χ3n) is 2.65. The van der Waals surface area contributed by atoms with E-state index < -0.39 is 0 Å². The van der Waals surface area contributed by atoms with E-state index in [-0.39, 0.29) is 5.56 Å². The van der Waals surface area contributed by atoms with E-state index in [1.165, 1.54) is 6.33 Å². The van der Waals surface area contributed by atoms with Crippen LogP contribution in [0.25, 0.3) is 10.9 Å². The van der Waals surface area contributed by atoms with Crippen molar-refractivity contribution in [1.29, 1.82) is 0 Å². The molecule has 0 saturated carbocycles. The zero-order valence-electron chi connectivity index (χ0n) is 9.02. The van der Waals surface area contributed by atoms with Gasteiger partial charge in [0.1, 0.15) is 19.3 Å². The van der Waals surface area contributed by atoms with E-state index in [1.807, 2.05) is 30.3 Å². The molecule has 0 N–H and O–H groups in total. The molecule has 0 amide bonds. The molecule has 2 aromatic heterocycles. The van der Waals surface area contributed by atoms with Crippen molar-refractivity contribution in [2.75, 3.05) is 0 Å². The van der Waals surface area contributed by atoms with E-state index in [0.29, 0.717) is 6.67 Å². The SMILES string of the molecule is O=c1ccc2ccccc2n1Cn1cncn1. The second kappa shape index (κ2) is 3.86. The number of nitrogens with zero attached hydrogens (tertiary/aromatic N) is 4. The van der Waals surface area contributed by atoms with Gasteiger partial charge < -0.3 is 0 Å². The highest BCUT2D eigenvalue weighted by atomic mass is 16.1. The summed E-state index contributed by atoms with van der Waals surface area (Å²) in [5.74, 6) is 0. The molecule has 0 aliphatic heterocycles. The summed E-state index contributed by atoms with van der Waals surface area (Å²) in [5, 5.41) is 5.04. The summed E-state index contributed by atoms with van der Waals surface area (Å²) in [6.45, 7) is 0.375. The number of rotatable bonds is 2. The van der Waals surface area contributed by atoms with Crippen molar-refractivity contribution in [3.63, 3.8) is 0 Å². The van der Waals surface area contributed by atoms with Crippen molar-refractivity contribution in [1.82, 2.24) is 19.3 Å². The average Bonchev–Trinajstić information content (AvgIpc) is 2.86. The maximum Gasteiger partial charge on any atom is 0.252 e. The molecule has 3 aromatic rings. The van der Waals surface area contributed by atoms with E-state index in [4.69, 9.17) is 0 Å². The Morgan fingerprint density at radius 1 is 1.12 bits per heavy atom. The molecule has 0 unspecified atom stereocenters. The Kier molecular flexibility index (Phi) is 2.22. The molecular formula is C12H10N4O. The number of pyridine rings is 1. The van der Waals surface area contributed by atoms with Gasteiger partial charge in [0.15, 0.2) is 0 Å². The lowest BCUT2D eigenvalue weighted by atomic mass is 10.2. The Labute approximate surface area is 97.0 Å². The topological polar surface area (TPSA) is 52.7 Å². The molecule has 0 saturated heterocycles. The zero-order chi connectivity index (χ0) is 11.7. The van der Waals surface area contributed by atoms with Crippen molar-refractivity contribution < 1.29 is 0 Å². The van der Waals surface area contributed by atoms with Crippen LogP contribution in [0.5, 0.6) is 0 Å². The molecule has 17 heavy (non-hydrogen) atoms. The fourth-order valence-electron chi connectivity index (χ4n) is 1.84. The van der Waals surface area contributed by atoms with Crippen LogP contribution in [0.4, 0.5) is 0 Å². The fraction of sp³-hybridized carbons (Fsp3) is 0.0833. The first-order valence-corrected chi connectivity index (χ1v) is 5.25. The van der Waals surface area contributed by atoms with Gasteiger partial charge in [-0.25, -0.2) is 9.67 Å². The van der Waals surface area contributed by atoms with Crippen LogP contribution in [0.1, 0.15) is 0 Å². The van der Waals surface area contributed by atoms with Crippen LogP contribution in [0, 0.1) is 0 Å². The maximum atomic E-state index is 11.9. The predicted octanol–water partition coefficient (Wildman–Crippen LogP) is 1.10. The fourth-order valence-corrected chi connectivity index (χ4v) is 1.84. The van der Waals surface area contributed by atoms with Gasteiger partial charge in [-0.3, -0.25) is 9.36 Å². The Morgan fingerprint density at radius 2 is 2.00 bits per heavy atom. The van der Waals surface area contributed by atoms with Crippen LogP contribution >= 0.6 is 0 Å². The quantitative estimate of drug-likeness (QED) is 0.657. The third-order valence-corrected chi connectivity index (χ3v) is 2.65. The van der Waals surface area contributed by atoms with Crippen molar-refractivity contribution in [2.45, 2.75) is 6.67 Å². The number of para-hydroxylation sites is 1. The highest BCUT2D eigenvalue weighted by Gasteiger charge is 2.02. The molecule has 0 bridgehead atoms. The summed E-state index contributed by atoms with van der Waals surface area (Å²) in [6.07, 6.45) is 3.05. The molecule has 5 heteroatoms. The lowest BCUT2D eigenvalue weighted by Gasteiger charge is -2.09. The van der Waals surface area contributed by atoms with Crippen molar-refractivity contribution in [3.8, 4) is 0 Å². The van der Waals surface area contributed by atoms with Gasteiger partial charge in [-0.05, 0) is 17.5 Å². The number of aromatic nitrogens is 4. The number of hydrogen-bond acceptors (Lipinski definition) is 3.